The molecule has 0 amide bonds. The van der Waals surface area contributed by atoms with Crippen molar-refractivity contribution < 1.29 is 19.4 Å². The molecule has 4 heteroatoms. The number of rotatable bonds is 5. The summed E-state index contributed by atoms with van der Waals surface area (Å²) in [7, 11) is 0. The van der Waals surface area contributed by atoms with Crippen LogP contribution in [0, 0.1) is 5.92 Å². The first-order valence-corrected chi connectivity index (χ1v) is 6.19. The Morgan fingerprint density at radius 1 is 1.21 bits per heavy atom. The van der Waals surface area contributed by atoms with E-state index in [1.165, 1.54) is 0 Å². The number of benzene rings is 1. The van der Waals surface area contributed by atoms with Crippen LogP contribution >= 0.6 is 0 Å². The van der Waals surface area contributed by atoms with Crippen LogP contribution in [-0.4, -0.2) is 23.7 Å². The normalized spacial score (nSPS) is 12.0. The topological polar surface area (TPSA) is 63.6 Å². The first kappa shape index (κ1) is 15.0. The third kappa shape index (κ3) is 3.68. The lowest BCUT2D eigenvalue weighted by molar-refractivity contribution is -0.137. The van der Waals surface area contributed by atoms with Crippen molar-refractivity contribution >= 4 is 17.5 Å². The van der Waals surface area contributed by atoms with Crippen LogP contribution in [0.2, 0.25) is 0 Å². The molecule has 0 radical (unpaired) electrons. The Kier molecular flexibility index (Phi) is 5.30. The van der Waals surface area contributed by atoms with E-state index >= 15 is 0 Å². The van der Waals surface area contributed by atoms with Gasteiger partial charge in [0.25, 0.3) is 0 Å². The van der Waals surface area contributed by atoms with Gasteiger partial charge in [0.2, 0.25) is 0 Å². The van der Waals surface area contributed by atoms with Crippen molar-refractivity contribution in [1.82, 2.24) is 0 Å². The highest BCUT2D eigenvalue weighted by molar-refractivity contribution is 6.22. The molecule has 0 spiro atoms. The number of carbonyl (C=O) groups excluding carboxylic acids is 1. The van der Waals surface area contributed by atoms with Crippen molar-refractivity contribution in [2.24, 2.45) is 5.92 Å². The van der Waals surface area contributed by atoms with Gasteiger partial charge in [-0.15, -0.1) is 0 Å². The number of hydrogen-bond acceptors (Lipinski definition) is 3. The number of carbonyl (C=O) groups is 2. The SMILES string of the molecule is CCOC(=O)/C(=C(/C(=O)O)C(C)C)c1ccccc1. The van der Waals surface area contributed by atoms with E-state index < -0.39 is 11.9 Å². The molecule has 19 heavy (non-hydrogen) atoms. The van der Waals surface area contributed by atoms with E-state index in [1.54, 1.807) is 45.0 Å². The van der Waals surface area contributed by atoms with Crippen molar-refractivity contribution in [3.8, 4) is 0 Å². The summed E-state index contributed by atoms with van der Waals surface area (Å²) in [6, 6.07) is 8.74. The monoisotopic (exact) mass is 262 g/mol. The second kappa shape index (κ2) is 6.73. The van der Waals surface area contributed by atoms with Crippen LogP contribution in [0.25, 0.3) is 5.57 Å². The van der Waals surface area contributed by atoms with Gasteiger partial charge in [0, 0.05) is 0 Å². The maximum atomic E-state index is 12.1. The first-order chi connectivity index (χ1) is 8.99. The van der Waals surface area contributed by atoms with Gasteiger partial charge in [-0.1, -0.05) is 44.2 Å². The van der Waals surface area contributed by atoms with Gasteiger partial charge in [-0.05, 0) is 18.4 Å². The van der Waals surface area contributed by atoms with Gasteiger partial charge in [-0.3, -0.25) is 0 Å². The Labute approximate surface area is 112 Å². The van der Waals surface area contributed by atoms with Gasteiger partial charge < -0.3 is 9.84 Å². The third-order valence-corrected chi connectivity index (χ3v) is 2.62. The van der Waals surface area contributed by atoms with E-state index in [4.69, 9.17) is 4.74 Å². The average molecular weight is 262 g/mol. The molecule has 0 aliphatic heterocycles. The molecule has 0 unspecified atom stereocenters. The van der Waals surface area contributed by atoms with Crippen molar-refractivity contribution in [1.29, 1.82) is 0 Å². The Morgan fingerprint density at radius 3 is 2.21 bits per heavy atom. The zero-order valence-corrected chi connectivity index (χ0v) is 11.3. The van der Waals surface area contributed by atoms with Gasteiger partial charge in [-0.2, -0.15) is 0 Å². The zero-order chi connectivity index (χ0) is 14.4. The quantitative estimate of drug-likeness (QED) is 0.654. The Morgan fingerprint density at radius 2 is 1.79 bits per heavy atom. The highest BCUT2D eigenvalue weighted by Crippen LogP contribution is 2.25. The minimum Gasteiger partial charge on any atom is -0.478 e. The Hall–Kier alpha value is -2.10. The second-order valence-corrected chi connectivity index (χ2v) is 4.34. The van der Waals surface area contributed by atoms with Crippen LogP contribution < -0.4 is 0 Å². The lowest BCUT2D eigenvalue weighted by Crippen LogP contribution is -2.17. The minimum absolute atomic E-state index is 0.0738. The van der Waals surface area contributed by atoms with Crippen LogP contribution in [0.15, 0.2) is 35.9 Å². The number of esters is 1. The highest BCUT2D eigenvalue weighted by atomic mass is 16.5. The summed E-state index contributed by atoms with van der Waals surface area (Å²) in [5.74, 6) is -1.97. The van der Waals surface area contributed by atoms with Gasteiger partial charge in [-0.25, -0.2) is 9.59 Å². The summed E-state index contributed by atoms with van der Waals surface area (Å²) in [5.41, 5.74) is 0.765. The molecule has 0 aromatic heterocycles. The van der Waals surface area contributed by atoms with Gasteiger partial charge in [0.1, 0.15) is 0 Å². The summed E-state index contributed by atoms with van der Waals surface area (Å²) in [6.07, 6.45) is 0. The van der Waals surface area contributed by atoms with E-state index in [1.807, 2.05) is 6.07 Å². The molecule has 0 aliphatic carbocycles. The highest BCUT2D eigenvalue weighted by Gasteiger charge is 2.25. The number of ether oxygens (including phenoxy) is 1. The van der Waals surface area contributed by atoms with Crippen LogP contribution in [0.1, 0.15) is 26.3 Å². The molecule has 0 heterocycles. The second-order valence-electron chi connectivity index (χ2n) is 4.34. The molecular formula is C15H18O4. The Bertz CT molecular complexity index is 486. The fourth-order valence-electron chi connectivity index (χ4n) is 1.83. The first-order valence-electron chi connectivity index (χ1n) is 6.19. The van der Waals surface area contributed by atoms with Crippen molar-refractivity contribution in [2.75, 3.05) is 6.61 Å². The summed E-state index contributed by atoms with van der Waals surface area (Å²) in [6.45, 7) is 5.38. The summed E-state index contributed by atoms with van der Waals surface area (Å²) >= 11 is 0. The van der Waals surface area contributed by atoms with E-state index in [0.29, 0.717) is 5.56 Å². The predicted molar refractivity (Wildman–Crippen MR) is 72.5 cm³/mol. The molecule has 1 aromatic carbocycles. The third-order valence-electron chi connectivity index (χ3n) is 2.62. The van der Waals surface area contributed by atoms with Crippen LogP contribution in [0.3, 0.4) is 0 Å². The van der Waals surface area contributed by atoms with Gasteiger partial charge >= 0.3 is 11.9 Å². The largest absolute Gasteiger partial charge is 0.478 e. The van der Waals surface area contributed by atoms with Crippen LogP contribution in [-0.2, 0) is 14.3 Å². The average Bonchev–Trinajstić information content (AvgIpc) is 2.36. The number of carboxylic acid groups (broad SMARTS) is 1. The van der Waals surface area contributed by atoms with Crippen LogP contribution in [0.4, 0.5) is 0 Å². The van der Waals surface area contributed by atoms with Crippen molar-refractivity contribution in [3.63, 3.8) is 0 Å². The number of aliphatic carboxylic acids is 1. The molecule has 0 fully saturated rings. The maximum absolute atomic E-state index is 12.1. The molecule has 0 saturated carbocycles. The smallest absolute Gasteiger partial charge is 0.339 e. The Balaban J connectivity index is 3.46. The fourth-order valence-corrected chi connectivity index (χ4v) is 1.83. The zero-order valence-electron chi connectivity index (χ0n) is 11.3. The predicted octanol–water partition coefficient (Wildman–Crippen LogP) is 2.74. The van der Waals surface area contributed by atoms with Crippen molar-refractivity contribution in [3.05, 3.63) is 41.5 Å². The molecule has 0 aliphatic rings. The number of hydrogen-bond donors (Lipinski definition) is 1. The lowest BCUT2D eigenvalue weighted by atomic mass is 9.92. The fraction of sp³-hybridized carbons (Fsp3) is 0.333. The molecule has 1 aromatic rings. The molecular weight excluding hydrogens is 244 g/mol. The molecule has 0 saturated heterocycles. The van der Waals surface area contributed by atoms with E-state index in [0.717, 1.165) is 0 Å². The molecule has 0 atom stereocenters. The molecule has 4 nitrogen and oxygen atoms in total. The van der Waals surface area contributed by atoms with E-state index in [9.17, 15) is 14.7 Å². The molecule has 1 rings (SSSR count). The summed E-state index contributed by atoms with van der Waals surface area (Å²) < 4.78 is 4.98. The van der Waals surface area contributed by atoms with Gasteiger partial charge in [0.15, 0.2) is 0 Å². The standard InChI is InChI=1S/C15H18O4/c1-4-19-15(18)13(11-8-6-5-7-9-11)12(10(2)3)14(16)17/h5-10H,4H2,1-3H3,(H,16,17)/b13-12+. The number of carboxylic acids is 1. The molecule has 0 bridgehead atoms. The van der Waals surface area contributed by atoms with Gasteiger partial charge in [0.05, 0.1) is 17.8 Å². The maximum Gasteiger partial charge on any atom is 0.339 e. The van der Waals surface area contributed by atoms with E-state index in [-0.39, 0.29) is 23.7 Å². The summed E-state index contributed by atoms with van der Waals surface area (Å²) in [5, 5.41) is 9.33. The molecule has 1 N–H and O–H groups in total. The van der Waals surface area contributed by atoms with Crippen molar-refractivity contribution in [2.45, 2.75) is 20.8 Å². The summed E-state index contributed by atoms with van der Waals surface area (Å²) in [4.78, 5) is 23.4. The van der Waals surface area contributed by atoms with Crippen LogP contribution in [0.5, 0.6) is 0 Å². The minimum atomic E-state index is -1.10. The van der Waals surface area contributed by atoms with E-state index in [2.05, 4.69) is 0 Å². The molecule has 102 valence electrons. The lowest BCUT2D eigenvalue weighted by Gasteiger charge is -2.14.